The van der Waals surface area contributed by atoms with Crippen molar-refractivity contribution in [1.82, 2.24) is 10.6 Å². The van der Waals surface area contributed by atoms with Crippen molar-refractivity contribution in [3.63, 3.8) is 0 Å². The molecular weight excluding hydrogens is 462 g/mol. The summed E-state index contributed by atoms with van der Waals surface area (Å²) < 4.78 is 0. The van der Waals surface area contributed by atoms with Crippen molar-refractivity contribution in [3.05, 3.63) is 102 Å². The van der Waals surface area contributed by atoms with E-state index in [0.29, 0.717) is 17.8 Å². The Hall–Kier alpha value is -3.84. The molecule has 8 heteroatoms. The van der Waals surface area contributed by atoms with Crippen LogP contribution in [0.2, 0.25) is 0 Å². The fourth-order valence-electron chi connectivity index (χ4n) is 3.73. The van der Waals surface area contributed by atoms with E-state index in [1.54, 1.807) is 31.2 Å². The molecule has 0 aliphatic rings. The Morgan fingerprint density at radius 2 is 1.51 bits per heavy atom. The van der Waals surface area contributed by atoms with E-state index >= 15 is 0 Å². The van der Waals surface area contributed by atoms with Crippen LogP contribution in [0.4, 0.5) is 5.69 Å². The molecule has 3 rings (SSSR count). The third-order valence-corrected chi connectivity index (χ3v) is 5.53. The third-order valence-electron chi connectivity index (χ3n) is 5.53. The van der Waals surface area contributed by atoms with Crippen LogP contribution in [0.25, 0.3) is 0 Å². The molecule has 0 heterocycles. The van der Waals surface area contributed by atoms with E-state index in [9.17, 15) is 9.59 Å². The van der Waals surface area contributed by atoms with Crippen molar-refractivity contribution >= 4 is 35.7 Å². The Morgan fingerprint density at radius 3 is 2.09 bits per heavy atom. The minimum atomic E-state index is -0.662. The Morgan fingerprint density at radius 1 is 0.914 bits per heavy atom. The lowest BCUT2D eigenvalue weighted by molar-refractivity contribution is -0.127. The summed E-state index contributed by atoms with van der Waals surface area (Å²) in [7, 11) is 0. The van der Waals surface area contributed by atoms with Crippen molar-refractivity contribution in [2.45, 2.75) is 25.3 Å². The molecule has 6 N–H and O–H groups in total. The normalized spacial score (nSPS) is 11.1. The van der Waals surface area contributed by atoms with E-state index in [4.69, 9.17) is 11.1 Å². The molecule has 3 aromatic carbocycles. The number of nitrogens with two attached hydrogens (primary N) is 1. The van der Waals surface area contributed by atoms with Crippen LogP contribution >= 0.6 is 12.4 Å². The number of amidine groups is 1. The first-order chi connectivity index (χ1) is 16.4. The van der Waals surface area contributed by atoms with E-state index in [0.717, 1.165) is 6.42 Å². The lowest BCUT2D eigenvalue weighted by Crippen LogP contribution is -2.46. The van der Waals surface area contributed by atoms with Crippen LogP contribution in [0.3, 0.4) is 0 Å². The number of carbonyl (C=O) groups excluding carboxylic acids is 2. The molecule has 0 saturated carbocycles. The number of halogens is 1. The van der Waals surface area contributed by atoms with Crippen molar-refractivity contribution in [3.8, 4) is 0 Å². The SMILES string of the molecule is CC(NC(=O)CNc1cccc(C(=N)N)c1)C(=O)NCCC(c1ccccc1)c1ccccc1.Cl. The minimum absolute atomic E-state index is 0. The number of amides is 2. The average molecular weight is 494 g/mol. The number of anilines is 1. The van der Waals surface area contributed by atoms with E-state index < -0.39 is 6.04 Å². The molecule has 0 spiro atoms. The molecule has 0 fully saturated rings. The number of hydrogen-bond acceptors (Lipinski definition) is 4. The van der Waals surface area contributed by atoms with Crippen LogP contribution in [0.1, 0.15) is 36.0 Å². The maximum atomic E-state index is 12.5. The Balaban J connectivity index is 0.00000432. The Bertz CT molecular complexity index is 1070. The van der Waals surface area contributed by atoms with Crippen molar-refractivity contribution < 1.29 is 9.59 Å². The Labute approximate surface area is 212 Å². The van der Waals surface area contributed by atoms with Gasteiger partial charge in [-0.05, 0) is 36.6 Å². The fraction of sp³-hybridized carbons (Fsp3) is 0.222. The molecule has 0 saturated heterocycles. The largest absolute Gasteiger partial charge is 0.384 e. The summed E-state index contributed by atoms with van der Waals surface area (Å²) in [5, 5.41) is 16.1. The van der Waals surface area contributed by atoms with E-state index in [-0.39, 0.29) is 42.5 Å². The molecule has 0 radical (unpaired) electrons. The number of carbonyl (C=O) groups is 2. The van der Waals surface area contributed by atoms with E-state index in [2.05, 4.69) is 40.2 Å². The minimum Gasteiger partial charge on any atom is -0.384 e. The number of nitrogens with one attached hydrogen (secondary N) is 4. The molecule has 0 aliphatic carbocycles. The zero-order chi connectivity index (χ0) is 24.3. The van der Waals surface area contributed by atoms with Gasteiger partial charge in [-0.15, -0.1) is 12.4 Å². The van der Waals surface area contributed by atoms with Crippen LogP contribution < -0.4 is 21.7 Å². The number of nitrogen functional groups attached to an aromatic ring is 1. The van der Waals surface area contributed by atoms with Gasteiger partial charge in [0.15, 0.2) is 0 Å². The van der Waals surface area contributed by atoms with Gasteiger partial charge in [0.05, 0.1) is 6.54 Å². The summed E-state index contributed by atoms with van der Waals surface area (Å²) in [5.41, 5.74) is 9.14. The van der Waals surface area contributed by atoms with Gasteiger partial charge in [-0.25, -0.2) is 0 Å². The standard InChI is InChI=1S/C27H31N5O2.ClH/c1-19(32-25(33)18-31-23-14-8-13-22(17-23)26(28)29)27(34)30-16-15-24(20-9-4-2-5-10-20)21-11-6-3-7-12-21;/h2-14,17,19,24,31H,15-16,18H2,1H3,(H3,28,29)(H,30,34)(H,32,33);1H. The average Bonchev–Trinajstić information content (AvgIpc) is 2.86. The summed E-state index contributed by atoms with van der Waals surface area (Å²) in [6, 6.07) is 26.8. The van der Waals surface area contributed by atoms with Gasteiger partial charge in [-0.2, -0.15) is 0 Å². The van der Waals surface area contributed by atoms with Gasteiger partial charge in [0.2, 0.25) is 11.8 Å². The topological polar surface area (TPSA) is 120 Å². The van der Waals surface area contributed by atoms with Crippen molar-refractivity contribution in [2.24, 2.45) is 5.73 Å². The Kier molecular flexibility index (Phi) is 10.8. The van der Waals surface area contributed by atoms with Gasteiger partial charge < -0.3 is 21.7 Å². The number of benzene rings is 3. The molecular formula is C27H32ClN5O2. The molecule has 2 amide bonds. The van der Waals surface area contributed by atoms with Crippen LogP contribution in [-0.4, -0.2) is 36.8 Å². The zero-order valence-corrected chi connectivity index (χ0v) is 20.5. The lowest BCUT2D eigenvalue weighted by atomic mass is 9.88. The molecule has 35 heavy (non-hydrogen) atoms. The molecule has 7 nitrogen and oxygen atoms in total. The summed E-state index contributed by atoms with van der Waals surface area (Å²) >= 11 is 0. The maximum absolute atomic E-state index is 12.5. The molecule has 1 unspecified atom stereocenters. The molecule has 184 valence electrons. The molecule has 1 atom stereocenters. The van der Waals surface area contributed by atoms with Gasteiger partial charge in [0, 0.05) is 23.7 Å². The van der Waals surface area contributed by atoms with Crippen molar-refractivity contribution in [1.29, 1.82) is 5.41 Å². The monoisotopic (exact) mass is 493 g/mol. The highest BCUT2D eigenvalue weighted by atomic mass is 35.5. The van der Waals surface area contributed by atoms with Crippen LogP contribution in [0.5, 0.6) is 0 Å². The molecule has 0 aromatic heterocycles. The van der Waals surface area contributed by atoms with Gasteiger partial charge in [0.1, 0.15) is 11.9 Å². The van der Waals surface area contributed by atoms with Crippen LogP contribution in [0, 0.1) is 5.41 Å². The third kappa shape index (κ3) is 8.46. The smallest absolute Gasteiger partial charge is 0.242 e. The molecule has 0 aliphatic heterocycles. The predicted molar refractivity (Wildman–Crippen MR) is 143 cm³/mol. The summed E-state index contributed by atoms with van der Waals surface area (Å²) in [6.07, 6.45) is 0.745. The highest BCUT2D eigenvalue weighted by Gasteiger charge is 2.17. The molecule has 0 bridgehead atoms. The fourth-order valence-corrected chi connectivity index (χ4v) is 3.73. The number of rotatable bonds is 11. The summed E-state index contributed by atoms with van der Waals surface area (Å²) in [4.78, 5) is 24.8. The van der Waals surface area contributed by atoms with Crippen molar-refractivity contribution in [2.75, 3.05) is 18.4 Å². The van der Waals surface area contributed by atoms with Gasteiger partial charge in [-0.1, -0.05) is 72.8 Å². The zero-order valence-electron chi connectivity index (χ0n) is 19.7. The first kappa shape index (κ1) is 27.4. The maximum Gasteiger partial charge on any atom is 0.242 e. The molecule has 3 aromatic rings. The second-order valence-corrected chi connectivity index (χ2v) is 8.09. The highest BCUT2D eigenvalue weighted by molar-refractivity contribution is 5.96. The second-order valence-electron chi connectivity index (χ2n) is 8.09. The van der Waals surface area contributed by atoms with Gasteiger partial charge in [-0.3, -0.25) is 15.0 Å². The van der Waals surface area contributed by atoms with E-state index in [1.165, 1.54) is 11.1 Å². The first-order valence-corrected chi connectivity index (χ1v) is 11.3. The lowest BCUT2D eigenvalue weighted by Gasteiger charge is -2.20. The van der Waals surface area contributed by atoms with E-state index in [1.807, 2.05) is 36.4 Å². The first-order valence-electron chi connectivity index (χ1n) is 11.3. The quantitative estimate of drug-likeness (QED) is 0.207. The number of hydrogen-bond donors (Lipinski definition) is 5. The second kappa shape index (κ2) is 13.8. The highest BCUT2D eigenvalue weighted by Crippen LogP contribution is 2.27. The van der Waals surface area contributed by atoms with Crippen LogP contribution in [0.15, 0.2) is 84.9 Å². The predicted octanol–water partition coefficient (Wildman–Crippen LogP) is 3.65. The van der Waals surface area contributed by atoms with Gasteiger partial charge in [0.25, 0.3) is 0 Å². The summed E-state index contributed by atoms with van der Waals surface area (Å²) in [5.74, 6) is -0.406. The summed E-state index contributed by atoms with van der Waals surface area (Å²) in [6.45, 7) is 2.15. The van der Waals surface area contributed by atoms with Gasteiger partial charge >= 0.3 is 0 Å². The van der Waals surface area contributed by atoms with Crippen LogP contribution in [-0.2, 0) is 9.59 Å².